The Morgan fingerprint density at radius 1 is 1.05 bits per heavy atom. The molecule has 22 heavy (non-hydrogen) atoms. The Balaban J connectivity index is 1.63. The van der Waals surface area contributed by atoms with Gasteiger partial charge in [-0.2, -0.15) is 5.10 Å². The molecule has 1 aromatic heterocycles. The first kappa shape index (κ1) is 14.4. The van der Waals surface area contributed by atoms with Crippen LogP contribution < -0.4 is 5.32 Å². The van der Waals surface area contributed by atoms with Crippen LogP contribution in [0.15, 0.2) is 60.8 Å². The van der Waals surface area contributed by atoms with Crippen molar-refractivity contribution in [2.45, 2.75) is 6.42 Å². The molecule has 3 rings (SSSR count). The Labute approximate surface area is 133 Å². The lowest BCUT2D eigenvalue weighted by atomic mass is 10.1. The normalized spacial score (nSPS) is 10.4. The van der Waals surface area contributed by atoms with Crippen molar-refractivity contribution in [2.24, 2.45) is 0 Å². The first-order valence-electron chi connectivity index (χ1n) is 6.85. The number of amides is 1. The van der Waals surface area contributed by atoms with Gasteiger partial charge in [-0.3, -0.25) is 9.89 Å². The quantitative estimate of drug-likeness (QED) is 0.767. The summed E-state index contributed by atoms with van der Waals surface area (Å²) < 4.78 is 0. The van der Waals surface area contributed by atoms with Crippen LogP contribution in [0.25, 0.3) is 11.3 Å². The zero-order valence-electron chi connectivity index (χ0n) is 11.7. The second kappa shape index (κ2) is 6.45. The van der Waals surface area contributed by atoms with Gasteiger partial charge in [0.15, 0.2) is 0 Å². The summed E-state index contributed by atoms with van der Waals surface area (Å²) in [4.78, 5) is 12.0. The molecular formula is C17H14ClN3O. The molecule has 0 aliphatic rings. The monoisotopic (exact) mass is 311 g/mol. The molecule has 0 bridgehead atoms. The van der Waals surface area contributed by atoms with E-state index in [0.29, 0.717) is 11.4 Å². The van der Waals surface area contributed by atoms with E-state index in [0.717, 1.165) is 22.5 Å². The molecule has 0 saturated carbocycles. The van der Waals surface area contributed by atoms with Crippen LogP contribution in [-0.4, -0.2) is 16.1 Å². The highest BCUT2D eigenvalue weighted by molar-refractivity contribution is 6.30. The molecule has 4 nitrogen and oxygen atoms in total. The summed E-state index contributed by atoms with van der Waals surface area (Å²) in [6, 6.07) is 16.8. The van der Waals surface area contributed by atoms with Crippen molar-refractivity contribution in [3.8, 4) is 11.3 Å². The standard InChI is InChI=1S/C17H14ClN3O/c18-14-5-1-12(2-6-14)11-17(22)20-15-7-3-13(4-8-15)16-9-10-19-21-16/h1-10H,11H2,(H,19,21)(H,20,22). The molecule has 0 fully saturated rings. The number of aromatic amines is 1. The number of benzene rings is 2. The number of carbonyl (C=O) groups excluding carboxylic acids is 1. The molecule has 0 spiro atoms. The van der Waals surface area contributed by atoms with Crippen molar-refractivity contribution in [1.29, 1.82) is 0 Å². The third-order valence-corrected chi connectivity index (χ3v) is 3.51. The lowest BCUT2D eigenvalue weighted by Crippen LogP contribution is -2.14. The third-order valence-electron chi connectivity index (χ3n) is 3.26. The summed E-state index contributed by atoms with van der Waals surface area (Å²) >= 11 is 5.83. The number of nitrogens with zero attached hydrogens (tertiary/aromatic N) is 1. The molecular weight excluding hydrogens is 298 g/mol. The number of rotatable bonds is 4. The molecule has 2 aromatic carbocycles. The van der Waals surface area contributed by atoms with Crippen LogP contribution in [0.1, 0.15) is 5.56 Å². The molecule has 0 unspecified atom stereocenters. The molecule has 110 valence electrons. The second-order valence-electron chi connectivity index (χ2n) is 4.90. The fraction of sp³-hybridized carbons (Fsp3) is 0.0588. The molecule has 5 heteroatoms. The van der Waals surface area contributed by atoms with Gasteiger partial charge in [-0.1, -0.05) is 35.9 Å². The summed E-state index contributed by atoms with van der Waals surface area (Å²) in [5, 5.41) is 10.4. The van der Waals surface area contributed by atoms with Gasteiger partial charge in [-0.15, -0.1) is 0 Å². The summed E-state index contributed by atoms with van der Waals surface area (Å²) in [5.41, 5.74) is 3.66. The SMILES string of the molecule is O=C(Cc1ccc(Cl)cc1)Nc1ccc(-c2ccn[nH]2)cc1. The molecule has 1 amide bonds. The number of aromatic nitrogens is 2. The van der Waals surface area contributed by atoms with E-state index in [9.17, 15) is 4.79 Å². The highest BCUT2D eigenvalue weighted by atomic mass is 35.5. The van der Waals surface area contributed by atoms with Crippen molar-refractivity contribution in [3.05, 3.63) is 71.4 Å². The van der Waals surface area contributed by atoms with Gasteiger partial charge < -0.3 is 5.32 Å². The minimum absolute atomic E-state index is 0.0587. The summed E-state index contributed by atoms with van der Waals surface area (Å²) in [6.45, 7) is 0. The van der Waals surface area contributed by atoms with Crippen LogP contribution in [0, 0.1) is 0 Å². The van der Waals surface area contributed by atoms with E-state index in [-0.39, 0.29) is 5.91 Å². The van der Waals surface area contributed by atoms with Crippen molar-refractivity contribution < 1.29 is 4.79 Å². The van der Waals surface area contributed by atoms with E-state index in [1.807, 2.05) is 42.5 Å². The van der Waals surface area contributed by atoms with Gasteiger partial charge in [0.25, 0.3) is 0 Å². The summed E-state index contributed by atoms with van der Waals surface area (Å²) in [6.07, 6.45) is 2.02. The smallest absolute Gasteiger partial charge is 0.228 e. The largest absolute Gasteiger partial charge is 0.326 e. The van der Waals surface area contributed by atoms with E-state index >= 15 is 0 Å². The first-order valence-corrected chi connectivity index (χ1v) is 7.22. The summed E-state index contributed by atoms with van der Waals surface area (Å²) in [7, 11) is 0. The van der Waals surface area contributed by atoms with E-state index in [2.05, 4.69) is 15.5 Å². The highest BCUT2D eigenvalue weighted by Crippen LogP contribution is 2.19. The molecule has 0 atom stereocenters. The Morgan fingerprint density at radius 2 is 1.77 bits per heavy atom. The third kappa shape index (κ3) is 3.54. The molecule has 1 heterocycles. The van der Waals surface area contributed by atoms with Gasteiger partial charge in [-0.25, -0.2) is 0 Å². The van der Waals surface area contributed by atoms with Crippen LogP contribution in [0.3, 0.4) is 0 Å². The number of hydrogen-bond acceptors (Lipinski definition) is 2. The van der Waals surface area contributed by atoms with Crippen molar-refractivity contribution in [1.82, 2.24) is 10.2 Å². The summed E-state index contributed by atoms with van der Waals surface area (Å²) in [5.74, 6) is -0.0587. The number of anilines is 1. The molecule has 0 radical (unpaired) electrons. The number of hydrogen-bond donors (Lipinski definition) is 2. The van der Waals surface area contributed by atoms with E-state index in [4.69, 9.17) is 11.6 Å². The van der Waals surface area contributed by atoms with E-state index in [1.54, 1.807) is 18.3 Å². The van der Waals surface area contributed by atoms with Crippen LogP contribution >= 0.6 is 11.6 Å². The van der Waals surface area contributed by atoms with Crippen LogP contribution in [-0.2, 0) is 11.2 Å². The second-order valence-corrected chi connectivity index (χ2v) is 5.34. The molecule has 0 aliphatic carbocycles. The number of halogens is 1. The average molecular weight is 312 g/mol. The predicted molar refractivity (Wildman–Crippen MR) is 87.8 cm³/mol. The highest BCUT2D eigenvalue weighted by Gasteiger charge is 2.05. The maximum atomic E-state index is 12.0. The first-order chi connectivity index (χ1) is 10.7. The predicted octanol–water partition coefficient (Wildman–Crippen LogP) is 3.91. The fourth-order valence-electron chi connectivity index (χ4n) is 2.14. The molecule has 0 saturated heterocycles. The van der Waals surface area contributed by atoms with Crippen molar-refractivity contribution >= 4 is 23.2 Å². The average Bonchev–Trinajstić information content (AvgIpc) is 3.05. The lowest BCUT2D eigenvalue weighted by molar-refractivity contribution is -0.115. The molecule has 3 aromatic rings. The molecule has 2 N–H and O–H groups in total. The Morgan fingerprint density at radius 3 is 2.41 bits per heavy atom. The topological polar surface area (TPSA) is 57.8 Å². The molecule has 0 aliphatic heterocycles. The van der Waals surface area contributed by atoms with Crippen LogP contribution in [0.4, 0.5) is 5.69 Å². The number of carbonyl (C=O) groups is 1. The van der Waals surface area contributed by atoms with Crippen molar-refractivity contribution in [2.75, 3.05) is 5.32 Å². The van der Waals surface area contributed by atoms with Gasteiger partial charge in [0.05, 0.1) is 12.1 Å². The van der Waals surface area contributed by atoms with Crippen LogP contribution in [0.5, 0.6) is 0 Å². The minimum Gasteiger partial charge on any atom is -0.326 e. The minimum atomic E-state index is -0.0587. The lowest BCUT2D eigenvalue weighted by Gasteiger charge is -2.06. The zero-order chi connectivity index (χ0) is 15.4. The Kier molecular flexibility index (Phi) is 4.21. The zero-order valence-corrected chi connectivity index (χ0v) is 12.5. The number of H-pyrrole nitrogens is 1. The van der Waals surface area contributed by atoms with Gasteiger partial charge in [0.1, 0.15) is 0 Å². The number of nitrogens with one attached hydrogen (secondary N) is 2. The maximum absolute atomic E-state index is 12.0. The van der Waals surface area contributed by atoms with Gasteiger partial charge >= 0.3 is 0 Å². The van der Waals surface area contributed by atoms with Crippen LogP contribution in [0.2, 0.25) is 5.02 Å². The Bertz CT molecular complexity index is 750. The van der Waals surface area contributed by atoms with Crippen molar-refractivity contribution in [3.63, 3.8) is 0 Å². The van der Waals surface area contributed by atoms with E-state index in [1.165, 1.54) is 0 Å². The van der Waals surface area contributed by atoms with Gasteiger partial charge in [0.2, 0.25) is 5.91 Å². The Hall–Kier alpha value is -2.59. The maximum Gasteiger partial charge on any atom is 0.228 e. The van der Waals surface area contributed by atoms with Gasteiger partial charge in [0, 0.05) is 16.9 Å². The van der Waals surface area contributed by atoms with E-state index < -0.39 is 0 Å². The fourth-order valence-corrected chi connectivity index (χ4v) is 2.27. The van der Waals surface area contributed by atoms with Gasteiger partial charge in [-0.05, 0) is 41.5 Å².